The monoisotopic (exact) mass is 206 g/mol. The highest BCUT2D eigenvalue weighted by molar-refractivity contribution is 7.89. The van der Waals surface area contributed by atoms with Gasteiger partial charge in [0.15, 0.2) is 0 Å². The van der Waals surface area contributed by atoms with Gasteiger partial charge in [-0.1, -0.05) is 0 Å². The highest BCUT2D eigenvalue weighted by atomic mass is 32.2. The normalized spacial score (nSPS) is 30.3. The molecule has 1 aliphatic rings. The SMILES string of the molecule is CC(C)N1CCNCC(C)S1(=O)=O. The number of nitrogens with one attached hydrogen (secondary N) is 1. The summed E-state index contributed by atoms with van der Waals surface area (Å²) in [6.45, 7) is 7.48. The molecule has 13 heavy (non-hydrogen) atoms. The maximum atomic E-state index is 11.9. The smallest absolute Gasteiger partial charge is 0.218 e. The lowest BCUT2D eigenvalue weighted by Gasteiger charge is -2.25. The molecule has 0 aromatic carbocycles. The zero-order chi connectivity index (χ0) is 10.1. The van der Waals surface area contributed by atoms with Gasteiger partial charge in [-0.3, -0.25) is 0 Å². The Balaban J connectivity index is 2.92. The van der Waals surface area contributed by atoms with E-state index in [0.717, 1.165) is 6.54 Å². The minimum Gasteiger partial charge on any atom is -0.314 e. The van der Waals surface area contributed by atoms with Crippen LogP contribution in [0.25, 0.3) is 0 Å². The topological polar surface area (TPSA) is 49.4 Å². The molecule has 1 aliphatic heterocycles. The van der Waals surface area contributed by atoms with Gasteiger partial charge in [0.1, 0.15) is 0 Å². The maximum Gasteiger partial charge on any atom is 0.218 e. The molecule has 1 heterocycles. The standard InChI is InChI=1S/C8H18N2O2S/c1-7(2)10-5-4-9-6-8(3)13(10,11)12/h7-9H,4-6H2,1-3H3. The van der Waals surface area contributed by atoms with Crippen molar-refractivity contribution in [3.05, 3.63) is 0 Å². The molecular formula is C8H18N2O2S. The molecule has 0 spiro atoms. The quantitative estimate of drug-likeness (QED) is 0.658. The van der Waals surface area contributed by atoms with Crippen molar-refractivity contribution in [2.45, 2.75) is 32.1 Å². The third-order valence-electron chi connectivity index (χ3n) is 2.35. The van der Waals surface area contributed by atoms with Crippen molar-refractivity contribution in [3.63, 3.8) is 0 Å². The second-order valence-corrected chi connectivity index (χ2v) is 6.07. The Hall–Kier alpha value is -0.130. The van der Waals surface area contributed by atoms with E-state index in [-0.39, 0.29) is 11.3 Å². The molecule has 1 fully saturated rings. The van der Waals surface area contributed by atoms with Crippen LogP contribution in [0.1, 0.15) is 20.8 Å². The Morgan fingerprint density at radius 3 is 2.62 bits per heavy atom. The summed E-state index contributed by atoms with van der Waals surface area (Å²) in [6, 6.07) is 0.0624. The van der Waals surface area contributed by atoms with Crippen molar-refractivity contribution in [2.24, 2.45) is 0 Å². The molecule has 0 saturated carbocycles. The van der Waals surface area contributed by atoms with Gasteiger partial charge in [0, 0.05) is 25.7 Å². The van der Waals surface area contributed by atoms with Gasteiger partial charge < -0.3 is 5.32 Å². The summed E-state index contributed by atoms with van der Waals surface area (Å²) in [6.07, 6.45) is 0. The molecule has 0 amide bonds. The fraction of sp³-hybridized carbons (Fsp3) is 1.00. The Labute approximate surface area is 80.4 Å². The molecule has 0 aromatic rings. The Bertz CT molecular complexity index is 261. The van der Waals surface area contributed by atoms with Crippen LogP contribution in [-0.2, 0) is 10.0 Å². The molecule has 1 unspecified atom stereocenters. The van der Waals surface area contributed by atoms with E-state index >= 15 is 0 Å². The third-order valence-corrected chi connectivity index (χ3v) is 4.79. The predicted molar refractivity (Wildman–Crippen MR) is 53.1 cm³/mol. The van der Waals surface area contributed by atoms with Gasteiger partial charge in [-0.15, -0.1) is 0 Å². The van der Waals surface area contributed by atoms with Crippen LogP contribution in [0.4, 0.5) is 0 Å². The Morgan fingerprint density at radius 2 is 2.08 bits per heavy atom. The molecule has 1 N–H and O–H groups in total. The number of rotatable bonds is 1. The number of hydrogen-bond acceptors (Lipinski definition) is 3. The zero-order valence-corrected chi connectivity index (χ0v) is 9.26. The maximum absolute atomic E-state index is 11.9. The molecule has 0 aromatic heterocycles. The summed E-state index contributed by atoms with van der Waals surface area (Å²) >= 11 is 0. The van der Waals surface area contributed by atoms with Crippen molar-refractivity contribution in [2.75, 3.05) is 19.6 Å². The number of nitrogens with zero attached hydrogens (tertiary/aromatic N) is 1. The lowest BCUT2D eigenvalue weighted by molar-refractivity contribution is 0.360. The summed E-state index contributed by atoms with van der Waals surface area (Å²) in [5, 5.41) is 2.81. The fourth-order valence-electron chi connectivity index (χ4n) is 1.51. The van der Waals surface area contributed by atoms with E-state index < -0.39 is 10.0 Å². The second kappa shape index (κ2) is 3.94. The van der Waals surface area contributed by atoms with Crippen molar-refractivity contribution >= 4 is 10.0 Å². The van der Waals surface area contributed by atoms with Crippen molar-refractivity contribution < 1.29 is 8.42 Å². The van der Waals surface area contributed by atoms with E-state index in [1.165, 1.54) is 0 Å². The fourth-order valence-corrected chi connectivity index (χ4v) is 3.23. The molecule has 78 valence electrons. The van der Waals surface area contributed by atoms with Gasteiger partial charge in [0.2, 0.25) is 10.0 Å². The average molecular weight is 206 g/mol. The minimum atomic E-state index is -3.07. The van der Waals surface area contributed by atoms with Crippen LogP contribution in [0.2, 0.25) is 0 Å². The van der Waals surface area contributed by atoms with Crippen LogP contribution in [0.3, 0.4) is 0 Å². The highest BCUT2D eigenvalue weighted by Gasteiger charge is 2.32. The molecular weight excluding hydrogens is 188 g/mol. The van der Waals surface area contributed by atoms with Gasteiger partial charge in [0.05, 0.1) is 5.25 Å². The van der Waals surface area contributed by atoms with E-state index in [1.807, 2.05) is 13.8 Å². The van der Waals surface area contributed by atoms with Crippen molar-refractivity contribution in [3.8, 4) is 0 Å². The third kappa shape index (κ3) is 2.21. The van der Waals surface area contributed by atoms with E-state index in [2.05, 4.69) is 5.32 Å². The molecule has 4 nitrogen and oxygen atoms in total. The zero-order valence-electron chi connectivity index (χ0n) is 8.45. The first-order chi connectivity index (χ1) is 5.96. The largest absolute Gasteiger partial charge is 0.314 e. The van der Waals surface area contributed by atoms with E-state index in [4.69, 9.17) is 0 Å². The lowest BCUT2D eigenvalue weighted by atomic mass is 10.4. The van der Waals surface area contributed by atoms with Gasteiger partial charge >= 0.3 is 0 Å². The first kappa shape index (κ1) is 10.9. The predicted octanol–water partition coefficient (Wildman–Crippen LogP) is 0.0183. The summed E-state index contributed by atoms with van der Waals surface area (Å²) in [5.41, 5.74) is 0. The number of hydrogen-bond donors (Lipinski definition) is 1. The first-order valence-electron chi connectivity index (χ1n) is 4.67. The summed E-state index contributed by atoms with van der Waals surface area (Å²) in [7, 11) is -3.07. The van der Waals surface area contributed by atoms with Gasteiger partial charge in [-0.2, -0.15) is 4.31 Å². The van der Waals surface area contributed by atoms with E-state index in [0.29, 0.717) is 13.1 Å². The summed E-state index contributed by atoms with van der Waals surface area (Å²) in [5.74, 6) is 0. The molecule has 0 aliphatic carbocycles. The van der Waals surface area contributed by atoms with Crippen LogP contribution < -0.4 is 5.32 Å². The molecule has 1 rings (SSSR count). The van der Waals surface area contributed by atoms with Crippen LogP contribution in [0.5, 0.6) is 0 Å². The van der Waals surface area contributed by atoms with Crippen LogP contribution in [-0.4, -0.2) is 43.6 Å². The average Bonchev–Trinajstić information content (AvgIpc) is 2.12. The minimum absolute atomic E-state index is 0.0624. The number of sulfonamides is 1. The van der Waals surface area contributed by atoms with Gasteiger partial charge in [-0.25, -0.2) is 8.42 Å². The van der Waals surface area contributed by atoms with E-state index in [9.17, 15) is 8.42 Å². The first-order valence-corrected chi connectivity index (χ1v) is 6.18. The van der Waals surface area contributed by atoms with Gasteiger partial charge in [-0.05, 0) is 20.8 Å². The van der Waals surface area contributed by atoms with Crippen LogP contribution >= 0.6 is 0 Å². The summed E-state index contributed by atoms with van der Waals surface area (Å²) < 4.78 is 25.3. The van der Waals surface area contributed by atoms with Crippen LogP contribution in [0, 0.1) is 0 Å². The van der Waals surface area contributed by atoms with Crippen LogP contribution in [0.15, 0.2) is 0 Å². The van der Waals surface area contributed by atoms with Gasteiger partial charge in [0.25, 0.3) is 0 Å². The molecule has 5 heteroatoms. The molecule has 0 bridgehead atoms. The second-order valence-electron chi connectivity index (χ2n) is 3.76. The summed E-state index contributed by atoms with van der Waals surface area (Å²) in [4.78, 5) is 0. The Morgan fingerprint density at radius 1 is 1.46 bits per heavy atom. The Kier molecular flexibility index (Phi) is 3.32. The molecule has 1 atom stereocenters. The molecule has 0 radical (unpaired) electrons. The van der Waals surface area contributed by atoms with E-state index in [1.54, 1.807) is 11.2 Å². The lowest BCUT2D eigenvalue weighted by Crippen LogP contribution is -2.42. The molecule has 1 saturated heterocycles. The highest BCUT2D eigenvalue weighted by Crippen LogP contribution is 2.13. The van der Waals surface area contributed by atoms with Crippen molar-refractivity contribution in [1.82, 2.24) is 9.62 Å². The van der Waals surface area contributed by atoms with Crippen molar-refractivity contribution in [1.29, 1.82) is 0 Å².